The topological polar surface area (TPSA) is 40.5 Å². The van der Waals surface area contributed by atoms with Gasteiger partial charge in [0.1, 0.15) is 0 Å². The lowest BCUT2D eigenvalue weighted by molar-refractivity contribution is -0.140. The van der Waals surface area contributed by atoms with Gasteiger partial charge in [-0.1, -0.05) is 24.3 Å². The molecule has 0 heterocycles. The Morgan fingerprint density at radius 1 is 1.32 bits per heavy atom. The van der Waals surface area contributed by atoms with E-state index >= 15 is 0 Å². The van der Waals surface area contributed by atoms with Crippen LogP contribution in [-0.2, 0) is 17.6 Å². The lowest BCUT2D eigenvalue weighted by Gasteiger charge is -2.42. The molecular weight excluding hydrogens is 238 g/mol. The average molecular weight is 261 g/mol. The Morgan fingerprint density at radius 2 is 1.95 bits per heavy atom. The predicted octanol–water partition coefficient (Wildman–Crippen LogP) is 2.73. The highest BCUT2D eigenvalue weighted by Crippen LogP contribution is 2.28. The van der Waals surface area contributed by atoms with Crippen LogP contribution < -0.4 is 0 Å². The highest BCUT2D eigenvalue weighted by molar-refractivity contribution is 5.69. The largest absolute Gasteiger partial charge is 0.480 e. The summed E-state index contributed by atoms with van der Waals surface area (Å²) in [6.07, 6.45) is 3.05. The monoisotopic (exact) mass is 261 g/mol. The Bertz CT molecular complexity index is 462. The summed E-state index contributed by atoms with van der Waals surface area (Å²) in [5.74, 6) is -0.742. The zero-order chi connectivity index (χ0) is 14.0. The minimum atomic E-state index is -0.742. The summed E-state index contributed by atoms with van der Waals surface area (Å²) in [6.45, 7) is 6.40. The first-order valence-corrected chi connectivity index (χ1v) is 6.93. The highest BCUT2D eigenvalue weighted by atomic mass is 16.4. The molecule has 1 aliphatic carbocycles. The summed E-state index contributed by atoms with van der Waals surface area (Å²) >= 11 is 0. The van der Waals surface area contributed by atoms with Gasteiger partial charge >= 0.3 is 5.97 Å². The molecule has 0 aromatic heterocycles. The summed E-state index contributed by atoms with van der Waals surface area (Å²) in [6, 6.07) is 8.83. The van der Waals surface area contributed by atoms with Crippen molar-refractivity contribution in [2.45, 2.75) is 51.6 Å². The van der Waals surface area contributed by atoms with Crippen molar-refractivity contribution in [1.29, 1.82) is 0 Å². The molecule has 0 amide bonds. The van der Waals surface area contributed by atoms with Crippen molar-refractivity contribution in [1.82, 2.24) is 4.90 Å². The molecule has 0 aliphatic heterocycles. The van der Waals surface area contributed by atoms with Crippen LogP contribution in [0.5, 0.6) is 0 Å². The second kappa shape index (κ2) is 5.33. The number of carbonyl (C=O) groups is 1. The minimum Gasteiger partial charge on any atom is -0.480 e. The fourth-order valence-electron chi connectivity index (χ4n) is 3.00. The molecule has 104 valence electrons. The number of carboxylic acids is 1. The molecule has 0 spiro atoms. The van der Waals surface area contributed by atoms with E-state index < -0.39 is 5.97 Å². The second-order valence-electron chi connectivity index (χ2n) is 6.36. The van der Waals surface area contributed by atoms with Crippen molar-refractivity contribution in [3.05, 3.63) is 35.4 Å². The number of aryl methyl sites for hydroxylation is 1. The van der Waals surface area contributed by atoms with Crippen molar-refractivity contribution >= 4 is 5.97 Å². The molecule has 3 nitrogen and oxygen atoms in total. The molecule has 1 aromatic carbocycles. The highest BCUT2D eigenvalue weighted by Gasteiger charge is 2.32. The van der Waals surface area contributed by atoms with Crippen molar-refractivity contribution in [3.8, 4) is 0 Å². The third kappa shape index (κ3) is 3.35. The Morgan fingerprint density at radius 3 is 2.53 bits per heavy atom. The molecule has 0 radical (unpaired) electrons. The summed E-state index contributed by atoms with van der Waals surface area (Å²) in [5.41, 5.74) is 2.68. The molecule has 0 saturated heterocycles. The maximum absolute atomic E-state index is 11.1. The van der Waals surface area contributed by atoms with Gasteiger partial charge in [0.15, 0.2) is 0 Å². The third-order valence-electron chi connectivity index (χ3n) is 3.93. The van der Waals surface area contributed by atoms with Gasteiger partial charge in [0.05, 0.1) is 6.54 Å². The zero-order valence-corrected chi connectivity index (χ0v) is 12.0. The van der Waals surface area contributed by atoms with Crippen molar-refractivity contribution in [2.24, 2.45) is 0 Å². The molecule has 1 unspecified atom stereocenters. The standard InChI is InChI=1S/C16H23NO2/c1-16(2,3)17(11-15(18)19)14-9-8-12-6-4-5-7-13(12)10-14/h4-7,14H,8-11H2,1-3H3,(H,18,19). The van der Waals surface area contributed by atoms with Crippen LogP contribution in [0.25, 0.3) is 0 Å². The molecule has 1 N–H and O–H groups in total. The van der Waals surface area contributed by atoms with Crippen LogP contribution >= 0.6 is 0 Å². The summed E-state index contributed by atoms with van der Waals surface area (Å²) in [7, 11) is 0. The first-order chi connectivity index (χ1) is 8.88. The lowest BCUT2D eigenvalue weighted by Crippen LogP contribution is -2.52. The van der Waals surface area contributed by atoms with Gasteiger partial charge < -0.3 is 5.11 Å². The van der Waals surface area contributed by atoms with Crippen LogP contribution in [0.3, 0.4) is 0 Å². The van der Waals surface area contributed by atoms with Crippen LogP contribution in [0.2, 0.25) is 0 Å². The minimum absolute atomic E-state index is 0.116. The number of hydrogen-bond acceptors (Lipinski definition) is 2. The molecular formula is C16H23NO2. The lowest BCUT2D eigenvalue weighted by atomic mass is 9.85. The molecule has 0 bridgehead atoms. The van der Waals surface area contributed by atoms with E-state index in [0.717, 1.165) is 19.3 Å². The van der Waals surface area contributed by atoms with Gasteiger partial charge in [-0.3, -0.25) is 9.69 Å². The average Bonchev–Trinajstić information content (AvgIpc) is 2.34. The van der Waals surface area contributed by atoms with Gasteiger partial charge in [-0.25, -0.2) is 0 Å². The number of nitrogens with zero attached hydrogens (tertiary/aromatic N) is 1. The smallest absolute Gasteiger partial charge is 0.317 e. The molecule has 0 saturated carbocycles. The van der Waals surface area contributed by atoms with Crippen LogP contribution in [0, 0.1) is 0 Å². The van der Waals surface area contributed by atoms with Crippen LogP contribution in [0.4, 0.5) is 0 Å². The number of hydrogen-bond donors (Lipinski definition) is 1. The van der Waals surface area contributed by atoms with E-state index in [1.807, 2.05) is 0 Å². The van der Waals surface area contributed by atoms with Crippen LogP contribution in [-0.4, -0.2) is 34.1 Å². The Kier molecular flexibility index (Phi) is 3.95. The van der Waals surface area contributed by atoms with E-state index in [-0.39, 0.29) is 12.1 Å². The molecule has 19 heavy (non-hydrogen) atoms. The Labute approximate surface area is 115 Å². The molecule has 3 heteroatoms. The predicted molar refractivity (Wildman–Crippen MR) is 76.3 cm³/mol. The summed E-state index contributed by atoms with van der Waals surface area (Å²) in [4.78, 5) is 13.2. The second-order valence-corrected chi connectivity index (χ2v) is 6.36. The third-order valence-corrected chi connectivity index (χ3v) is 3.93. The van der Waals surface area contributed by atoms with Gasteiger partial charge in [-0.2, -0.15) is 0 Å². The van der Waals surface area contributed by atoms with E-state index in [4.69, 9.17) is 5.11 Å². The van der Waals surface area contributed by atoms with Crippen LogP contribution in [0.1, 0.15) is 38.3 Å². The Balaban J connectivity index is 2.19. The first kappa shape index (κ1) is 14.1. The van der Waals surface area contributed by atoms with Crippen molar-refractivity contribution in [3.63, 3.8) is 0 Å². The molecule has 2 rings (SSSR count). The molecule has 1 aromatic rings. The molecule has 1 aliphatic rings. The molecule has 1 atom stereocenters. The van der Waals surface area contributed by atoms with E-state index in [0.29, 0.717) is 6.04 Å². The zero-order valence-electron chi connectivity index (χ0n) is 12.0. The van der Waals surface area contributed by atoms with Crippen molar-refractivity contribution in [2.75, 3.05) is 6.54 Å². The van der Waals surface area contributed by atoms with Gasteiger partial charge in [0, 0.05) is 11.6 Å². The van der Waals surface area contributed by atoms with E-state index in [2.05, 4.69) is 49.9 Å². The number of rotatable bonds is 3. The maximum atomic E-state index is 11.1. The van der Waals surface area contributed by atoms with Gasteiger partial charge in [-0.05, 0) is 51.2 Å². The quantitative estimate of drug-likeness (QED) is 0.909. The van der Waals surface area contributed by atoms with Gasteiger partial charge in [0.25, 0.3) is 0 Å². The van der Waals surface area contributed by atoms with E-state index in [9.17, 15) is 4.79 Å². The molecule has 0 fully saturated rings. The van der Waals surface area contributed by atoms with Gasteiger partial charge in [-0.15, -0.1) is 0 Å². The first-order valence-electron chi connectivity index (χ1n) is 6.93. The van der Waals surface area contributed by atoms with Gasteiger partial charge in [0.2, 0.25) is 0 Å². The summed E-state index contributed by atoms with van der Waals surface area (Å²) in [5, 5.41) is 9.13. The summed E-state index contributed by atoms with van der Waals surface area (Å²) < 4.78 is 0. The fourth-order valence-corrected chi connectivity index (χ4v) is 3.00. The number of fused-ring (bicyclic) bond motifs is 1. The number of aliphatic carboxylic acids is 1. The SMILES string of the molecule is CC(C)(C)N(CC(=O)O)C1CCc2ccccc2C1. The Hall–Kier alpha value is -1.35. The van der Waals surface area contributed by atoms with Crippen LogP contribution in [0.15, 0.2) is 24.3 Å². The van der Waals surface area contributed by atoms with Crippen molar-refractivity contribution < 1.29 is 9.90 Å². The normalized spacial score (nSPS) is 19.3. The van der Waals surface area contributed by atoms with E-state index in [1.165, 1.54) is 11.1 Å². The fraction of sp³-hybridized carbons (Fsp3) is 0.562. The number of benzene rings is 1. The number of carboxylic acid groups (broad SMARTS) is 1. The van der Waals surface area contributed by atoms with E-state index in [1.54, 1.807) is 0 Å². The maximum Gasteiger partial charge on any atom is 0.317 e.